The van der Waals surface area contributed by atoms with Crippen molar-refractivity contribution < 1.29 is 14.6 Å². The van der Waals surface area contributed by atoms with Crippen molar-refractivity contribution in [2.45, 2.75) is 44.6 Å². The zero-order chi connectivity index (χ0) is 11.9. The van der Waals surface area contributed by atoms with Crippen LogP contribution in [0.3, 0.4) is 0 Å². The number of aliphatic hydroxyl groups is 1. The van der Waals surface area contributed by atoms with E-state index in [4.69, 9.17) is 9.47 Å². The van der Waals surface area contributed by atoms with Crippen LogP contribution in [0.1, 0.15) is 27.7 Å². The minimum absolute atomic E-state index is 0.284. The molecule has 0 aromatic rings. The molecule has 0 bridgehead atoms. The smallest absolute Gasteiger partial charge is 0.193 e. The van der Waals surface area contributed by atoms with Crippen molar-refractivity contribution in [3.8, 4) is 0 Å². The minimum atomic E-state index is -0.749. The molecule has 15 heavy (non-hydrogen) atoms. The molecule has 4 nitrogen and oxygen atoms in total. The molecule has 0 aromatic heterocycles. The van der Waals surface area contributed by atoms with Gasteiger partial charge in [-0.1, -0.05) is 0 Å². The quantitative estimate of drug-likeness (QED) is 0.709. The molecular weight excluding hydrogens is 194 g/mol. The summed E-state index contributed by atoms with van der Waals surface area (Å²) < 4.78 is 10.6. The normalized spacial score (nSPS) is 22.6. The average molecular weight is 217 g/mol. The molecule has 1 heterocycles. The van der Waals surface area contributed by atoms with Gasteiger partial charge in [-0.25, -0.2) is 0 Å². The lowest BCUT2D eigenvalue weighted by Gasteiger charge is -2.57. The summed E-state index contributed by atoms with van der Waals surface area (Å²) in [5, 5.41) is 10.1. The lowest BCUT2D eigenvalue weighted by atomic mass is 9.81. The number of nitrogens with zero attached hydrogens (tertiary/aromatic N) is 1. The van der Waals surface area contributed by atoms with E-state index in [1.807, 2.05) is 27.7 Å². The molecule has 0 unspecified atom stereocenters. The van der Waals surface area contributed by atoms with Gasteiger partial charge < -0.3 is 14.6 Å². The van der Waals surface area contributed by atoms with Crippen molar-refractivity contribution in [2.75, 3.05) is 27.3 Å². The Morgan fingerprint density at radius 1 is 1.07 bits per heavy atom. The summed E-state index contributed by atoms with van der Waals surface area (Å²) in [5.41, 5.74) is -1.03. The van der Waals surface area contributed by atoms with Crippen molar-refractivity contribution in [3.63, 3.8) is 0 Å². The Labute approximate surface area is 92.2 Å². The van der Waals surface area contributed by atoms with Gasteiger partial charge in [0.25, 0.3) is 0 Å². The highest BCUT2D eigenvalue weighted by Gasteiger charge is 2.53. The van der Waals surface area contributed by atoms with Crippen molar-refractivity contribution in [1.29, 1.82) is 0 Å². The largest absolute Gasteiger partial charge is 0.389 e. The van der Waals surface area contributed by atoms with Crippen LogP contribution in [0.25, 0.3) is 0 Å². The van der Waals surface area contributed by atoms with E-state index in [0.717, 1.165) is 0 Å². The molecule has 4 heteroatoms. The molecule has 0 aromatic carbocycles. The standard InChI is InChI=1S/C11H23NO3/c1-9(2,10(3,4)13)12-7-11(8-12,14-5)15-6/h13H,7-8H2,1-6H3. The van der Waals surface area contributed by atoms with Crippen LogP contribution in [-0.4, -0.2) is 54.2 Å². The van der Waals surface area contributed by atoms with Crippen LogP contribution in [0.5, 0.6) is 0 Å². The second-order valence-electron chi connectivity index (χ2n) is 5.29. The zero-order valence-corrected chi connectivity index (χ0v) is 10.6. The van der Waals surface area contributed by atoms with Crippen LogP contribution in [0, 0.1) is 0 Å². The molecule has 0 atom stereocenters. The Bertz CT molecular complexity index is 220. The van der Waals surface area contributed by atoms with Gasteiger partial charge in [0.1, 0.15) is 0 Å². The van der Waals surface area contributed by atoms with Crippen LogP contribution >= 0.6 is 0 Å². The highest BCUT2D eigenvalue weighted by Crippen LogP contribution is 2.37. The first-order chi connectivity index (χ1) is 6.68. The van der Waals surface area contributed by atoms with E-state index in [0.29, 0.717) is 13.1 Å². The molecule has 1 aliphatic rings. The van der Waals surface area contributed by atoms with Crippen LogP contribution in [0.4, 0.5) is 0 Å². The Morgan fingerprint density at radius 2 is 1.47 bits per heavy atom. The summed E-state index contributed by atoms with van der Waals surface area (Å²) in [7, 11) is 3.30. The van der Waals surface area contributed by atoms with Crippen LogP contribution in [0.2, 0.25) is 0 Å². The first kappa shape index (κ1) is 12.9. The fourth-order valence-electron chi connectivity index (χ4n) is 1.66. The van der Waals surface area contributed by atoms with Gasteiger partial charge in [0, 0.05) is 19.8 Å². The van der Waals surface area contributed by atoms with Gasteiger partial charge in [-0.15, -0.1) is 0 Å². The van der Waals surface area contributed by atoms with E-state index < -0.39 is 11.4 Å². The summed E-state index contributed by atoms with van der Waals surface area (Å²) in [6.45, 7) is 9.09. The van der Waals surface area contributed by atoms with Crippen LogP contribution in [0.15, 0.2) is 0 Å². The molecule has 1 fully saturated rings. The third-order valence-corrected chi connectivity index (χ3v) is 3.90. The maximum atomic E-state index is 10.1. The maximum Gasteiger partial charge on any atom is 0.193 e. The first-order valence-electron chi connectivity index (χ1n) is 5.26. The second-order valence-corrected chi connectivity index (χ2v) is 5.29. The van der Waals surface area contributed by atoms with Gasteiger partial charge in [-0.2, -0.15) is 0 Å². The third-order valence-electron chi connectivity index (χ3n) is 3.90. The molecule has 0 amide bonds. The fraction of sp³-hybridized carbons (Fsp3) is 1.00. The highest BCUT2D eigenvalue weighted by atomic mass is 16.7. The predicted molar refractivity (Wildman–Crippen MR) is 58.7 cm³/mol. The Hall–Kier alpha value is -0.160. The van der Waals surface area contributed by atoms with Gasteiger partial charge in [-0.3, -0.25) is 4.90 Å². The topological polar surface area (TPSA) is 41.9 Å². The Morgan fingerprint density at radius 3 is 1.73 bits per heavy atom. The number of ether oxygens (including phenoxy) is 2. The predicted octanol–water partition coefficient (Wildman–Crippen LogP) is 0.841. The average Bonchev–Trinajstić information content (AvgIpc) is 2.01. The van der Waals surface area contributed by atoms with E-state index in [1.54, 1.807) is 14.2 Å². The summed E-state index contributed by atoms with van der Waals surface area (Å²) in [6, 6.07) is 0. The SMILES string of the molecule is COC1(OC)CN(C(C)(C)C(C)(C)O)C1. The maximum absolute atomic E-state index is 10.1. The molecule has 0 aliphatic carbocycles. The lowest BCUT2D eigenvalue weighted by Crippen LogP contribution is -2.73. The van der Waals surface area contributed by atoms with Gasteiger partial charge in [0.2, 0.25) is 0 Å². The first-order valence-corrected chi connectivity index (χ1v) is 5.26. The minimum Gasteiger partial charge on any atom is -0.389 e. The number of hydrogen-bond donors (Lipinski definition) is 1. The molecule has 0 saturated carbocycles. The van der Waals surface area contributed by atoms with Crippen molar-refractivity contribution >= 4 is 0 Å². The molecule has 1 aliphatic heterocycles. The number of hydrogen-bond acceptors (Lipinski definition) is 4. The van der Waals surface area contributed by atoms with Gasteiger partial charge in [-0.05, 0) is 27.7 Å². The molecule has 90 valence electrons. The summed E-state index contributed by atoms with van der Waals surface area (Å²) in [6.07, 6.45) is 0. The van der Waals surface area contributed by atoms with E-state index in [9.17, 15) is 5.11 Å². The highest BCUT2D eigenvalue weighted by molar-refractivity contribution is 5.04. The summed E-state index contributed by atoms with van der Waals surface area (Å²) >= 11 is 0. The van der Waals surface area contributed by atoms with Gasteiger partial charge >= 0.3 is 0 Å². The van der Waals surface area contributed by atoms with Crippen LogP contribution < -0.4 is 0 Å². The summed E-state index contributed by atoms with van der Waals surface area (Å²) in [5.74, 6) is -0.484. The van der Waals surface area contributed by atoms with E-state index in [-0.39, 0.29) is 5.54 Å². The third kappa shape index (κ3) is 2.04. The lowest BCUT2D eigenvalue weighted by molar-refractivity contribution is -0.301. The molecule has 0 spiro atoms. The molecule has 1 rings (SSSR count). The van der Waals surface area contributed by atoms with Crippen molar-refractivity contribution in [2.24, 2.45) is 0 Å². The Balaban J connectivity index is 2.65. The zero-order valence-electron chi connectivity index (χ0n) is 10.6. The number of rotatable bonds is 4. The van der Waals surface area contributed by atoms with E-state index >= 15 is 0 Å². The monoisotopic (exact) mass is 217 g/mol. The second kappa shape index (κ2) is 3.70. The number of methoxy groups -OCH3 is 2. The molecule has 1 N–H and O–H groups in total. The van der Waals surface area contributed by atoms with Crippen molar-refractivity contribution in [3.05, 3.63) is 0 Å². The molecule has 0 radical (unpaired) electrons. The van der Waals surface area contributed by atoms with Crippen molar-refractivity contribution in [1.82, 2.24) is 4.90 Å². The van der Waals surface area contributed by atoms with E-state index in [1.165, 1.54) is 0 Å². The fourth-order valence-corrected chi connectivity index (χ4v) is 1.66. The number of likely N-dealkylation sites (tertiary alicyclic amines) is 1. The summed E-state index contributed by atoms with van der Waals surface area (Å²) in [4.78, 5) is 2.17. The van der Waals surface area contributed by atoms with Crippen LogP contribution in [-0.2, 0) is 9.47 Å². The van der Waals surface area contributed by atoms with Gasteiger partial charge in [0.15, 0.2) is 5.79 Å². The van der Waals surface area contributed by atoms with Gasteiger partial charge in [0.05, 0.1) is 18.7 Å². The molecular formula is C11H23NO3. The van der Waals surface area contributed by atoms with E-state index in [2.05, 4.69) is 4.90 Å². The molecule has 1 saturated heterocycles. The Kier molecular flexibility index (Phi) is 3.18.